The molecule has 3 aromatic rings. The summed E-state index contributed by atoms with van der Waals surface area (Å²) in [6.07, 6.45) is -0.953. The minimum Gasteiger partial charge on any atom is -0.489 e. The lowest BCUT2D eigenvalue weighted by molar-refractivity contribution is 0.0843. The Labute approximate surface area is 187 Å². The van der Waals surface area contributed by atoms with Crippen LogP contribution in [0.15, 0.2) is 60.0 Å². The topological polar surface area (TPSA) is 87.7 Å². The van der Waals surface area contributed by atoms with Gasteiger partial charge in [-0.3, -0.25) is 9.59 Å². The van der Waals surface area contributed by atoms with Gasteiger partial charge in [0.05, 0.1) is 9.90 Å². The maximum Gasteiger partial charge on any atom is 0.265 e. The number of nitrogens with one attached hydrogen (secondary N) is 2. The number of anilines is 1. The zero-order chi connectivity index (χ0) is 21.5. The van der Waals surface area contributed by atoms with Gasteiger partial charge in [-0.2, -0.15) is 0 Å². The summed E-state index contributed by atoms with van der Waals surface area (Å²) in [6, 6.07) is 15.0. The number of benzene rings is 2. The molecule has 2 amide bonds. The van der Waals surface area contributed by atoms with Crippen LogP contribution in [0.5, 0.6) is 5.75 Å². The molecule has 2 aromatic carbocycles. The van der Waals surface area contributed by atoms with Gasteiger partial charge in [0.15, 0.2) is 0 Å². The molecule has 0 aliphatic carbocycles. The second-order valence-electron chi connectivity index (χ2n) is 6.24. The number of aliphatic hydroxyl groups is 1. The number of carbonyl (C=O) groups is 2. The van der Waals surface area contributed by atoms with Crippen molar-refractivity contribution in [3.05, 3.63) is 80.5 Å². The molecule has 3 rings (SSSR count). The first-order chi connectivity index (χ1) is 14.4. The molecule has 0 fully saturated rings. The Morgan fingerprint density at radius 1 is 1.07 bits per heavy atom. The summed E-state index contributed by atoms with van der Waals surface area (Å²) >= 11 is 13.3. The molecule has 0 aliphatic heterocycles. The fraction of sp³-hybridized carbons (Fsp3) is 0.143. The molecule has 30 heavy (non-hydrogen) atoms. The van der Waals surface area contributed by atoms with E-state index in [2.05, 4.69) is 10.6 Å². The van der Waals surface area contributed by atoms with Crippen molar-refractivity contribution in [1.29, 1.82) is 0 Å². The van der Waals surface area contributed by atoms with Crippen LogP contribution in [0.2, 0.25) is 10.0 Å². The lowest BCUT2D eigenvalue weighted by atomic mass is 10.2. The van der Waals surface area contributed by atoms with Gasteiger partial charge < -0.3 is 20.5 Å². The summed E-state index contributed by atoms with van der Waals surface area (Å²) in [7, 11) is 0. The van der Waals surface area contributed by atoms with Crippen LogP contribution in [0, 0.1) is 0 Å². The van der Waals surface area contributed by atoms with Crippen molar-refractivity contribution in [3.8, 4) is 5.75 Å². The van der Waals surface area contributed by atoms with Crippen molar-refractivity contribution >= 4 is 52.0 Å². The highest BCUT2D eigenvalue weighted by molar-refractivity contribution is 7.12. The standard InChI is InChI=1S/C21H18Cl2N2O4S/c22-16-6-2-7-17(19(16)23)29-12-15(26)11-24-20(27)13-4-1-5-14(10-13)25-21(28)18-8-3-9-30-18/h1-10,15,26H,11-12H2,(H,24,27)(H,25,28). The first kappa shape index (κ1) is 22.1. The Morgan fingerprint density at radius 2 is 1.87 bits per heavy atom. The second-order valence-corrected chi connectivity index (χ2v) is 7.97. The second kappa shape index (κ2) is 10.4. The van der Waals surface area contributed by atoms with Gasteiger partial charge in [0.25, 0.3) is 11.8 Å². The minimum absolute atomic E-state index is 0.0250. The van der Waals surface area contributed by atoms with E-state index < -0.39 is 6.10 Å². The summed E-state index contributed by atoms with van der Waals surface area (Å²) in [4.78, 5) is 25.1. The van der Waals surface area contributed by atoms with Crippen LogP contribution in [0.1, 0.15) is 20.0 Å². The molecule has 156 valence electrons. The van der Waals surface area contributed by atoms with Crippen LogP contribution in [0.4, 0.5) is 5.69 Å². The maximum absolute atomic E-state index is 12.4. The van der Waals surface area contributed by atoms with E-state index in [-0.39, 0.29) is 30.0 Å². The summed E-state index contributed by atoms with van der Waals surface area (Å²) in [5.41, 5.74) is 0.852. The van der Waals surface area contributed by atoms with E-state index >= 15 is 0 Å². The van der Waals surface area contributed by atoms with E-state index in [4.69, 9.17) is 27.9 Å². The van der Waals surface area contributed by atoms with Crippen molar-refractivity contribution < 1.29 is 19.4 Å². The zero-order valence-corrected chi connectivity index (χ0v) is 17.9. The van der Waals surface area contributed by atoms with Crippen LogP contribution < -0.4 is 15.4 Å². The molecule has 1 atom stereocenters. The van der Waals surface area contributed by atoms with E-state index in [0.29, 0.717) is 26.9 Å². The number of carbonyl (C=O) groups excluding carboxylic acids is 2. The SMILES string of the molecule is O=C(NCC(O)COc1cccc(Cl)c1Cl)c1cccc(NC(=O)c2cccs2)c1. The molecule has 3 N–H and O–H groups in total. The van der Waals surface area contributed by atoms with Gasteiger partial charge in [-0.1, -0.05) is 41.4 Å². The van der Waals surface area contributed by atoms with Crippen molar-refractivity contribution in [2.75, 3.05) is 18.5 Å². The third kappa shape index (κ3) is 5.96. The van der Waals surface area contributed by atoms with E-state index in [1.54, 1.807) is 54.6 Å². The van der Waals surface area contributed by atoms with Crippen molar-refractivity contribution in [1.82, 2.24) is 5.32 Å². The molecular weight excluding hydrogens is 447 g/mol. The highest BCUT2D eigenvalue weighted by Crippen LogP contribution is 2.31. The molecule has 0 bridgehead atoms. The first-order valence-corrected chi connectivity index (χ1v) is 10.6. The summed E-state index contributed by atoms with van der Waals surface area (Å²) in [5, 5.41) is 17.9. The fourth-order valence-corrected chi connectivity index (χ4v) is 3.46. The Morgan fingerprint density at radius 3 is 2.63 bits per heavy atom. The van der Waals surface area contributed by atoms with Gasteiger partial charge in [-0.15, -0.1) is 11.3 Å². The predicted molar refractivity (Wildman–Crippen MR) is 119 cm³/mol. The normalized spacial score (nSPS) is 11.6. The Hall–Kier alpha value is -2.58. The molecule has 1 aromatic heterocycles. The molecular formula is C21H18Cl2N2O4S. The zero-order valence-electron chi connectivity index (χ0n) is 15.6. The number of ether oxygens (including phenoxy) is 1. The minimum atomic E-state index is -0.953. The van der Waals surface area contributed by atoms with Crippen LogP contribution in [0.25, 0.3) is 0 Å². The highest BCUT2D eigenvalue weighted by atomic mass is 35.5. The van der Waals surface area contributed by atoms with Gasteiger partial charge in [-0.25, -0.2) is 0 Å². The average Bonchev–Trinajstić information content (AvgIpc) is 3.28. The first-order valence-electron chi connectivity index (χ1n) is 8.92. The third-order valence-electron chi connectivity index (χ3n) is 3.97. The van der Waals surface area contributed by atoms with Gasteiger partial charge in [0, 0.05) is 17.8 Å². The van der Waals surface area contributed by atoms with E-state index in [0.717, 1.165) is 0 Å². The van der Waals surface area contributed by atoms with E-state index in [1.807, 2.05) is 5.38 Å². The number of thiophene rings is 1. The van der Waals surface area contributed by atoms with Crippen molar-refractivity contribution in [3.63, 3.8) is 0 Å². The Balaban J connectivity index is 1.50. The Kier molecular flexibility index (Phi) is 7.70. The lowest BCUT2D eigenvalue weighted by Gasteiger charge is -2.14. The molecule has 6 nitrogen and oxygen atoms in total. The van der Waals surface area contributed by atoms with E-state index in [9.17, 15) is 14.7 Å². The molecule has 0 radical (unpaired) electrons. The average molecular weight is 465 g/mol. The van der Waals surface area contributed by atoms with Gasteiger partial charge in [0.1, 0.15) is 23.5 Å². The number of hydrogen-bond acceptors (Lipinski definition) is 5. The van der Waals surface area contributed by atoms with Crippen LogP contribution >= 0.6 is 34.5 Å². The monoisotopic (exact) mass is 464 g/mol. The van der Waals surface area contributed by atoms with Crippen LogP contribution in [-0.2, 0) is 0 Å². The predicted octanol–water partition coefficient (Wildman–Crippen LogP) is 4.48. The number of rotatable bonds is 8. The number of amides is 2. The molecule has 0 saturated heterocycles. The maximum atomic E-state index is 12.4. The van der Waals surface area contributed by atoms with Crippen LogP contribution in [-0.4, -0.2) is 36.2 Å². The molecule has 0 aliphatic rings. The Bertz CT molecular complexity index is 1030. The quantitative estimate of drug-likeness (QED) is 0.458. The van der Waals surface area contributed by atoms with Gasteiger partial charge in [-0.05, 0) is 41.8 Å². The summed E-state index contributed by atoms with van der Waals surface area (Å²) in [5.74, 6) is -0.277. The van der Waals surface area contributed by atoms with Crippen LogP contribution in [0.3, 0.4) is 0 Å². The smallest absolute Gasteiger partial charge is 0.265 e. The third-order valence-corrected chi connectivity index (χ3v) is 5.64. The molecule has 0 spiro atoms. The number of hydrogen-bond donors (Lipinski definition) is 3. The lowest BCUT2D eigenvalue weighted by Crippen LogP contribution is -2.35. The highest BCUT2D eigenvalue weighted by Gasteiger charge is 2.13. The van der Waals surface area contributed by atoms with Gasteiger partial charge in [0.2, 0.25) is 0 Å². The summed E-state index contributed by atoms with van der Waals surface area (Å²) in [6.45, 7) is -0.0972. The fourth-order valence-electron chi connectivity index (χ4n) is 2.49. The number of aliphatic hydroxyl groups excluding tert-OH is 1. The molecule has 9 heteroatoms. The number of halogens is 2. The van der Waals surface area contributed by atoms with E-state index in [1.165, 1.54) is 11.3 Å². The molecule has 1 heterocycles. The summed E-state index contributed by atoms with van der Waals surface area (Å²) < 4.78 is 5.45. The molecule has 1 unspecified atom stereocenters. The van der Waals surface area contributed by atoms with Crippen molar-refractivity contribution in [2.45, 2.75) is 6.10 Å². The molecule has 0 saturated carbocycles. The van der Waals surface area contributed by atoms with Crippen molar-refractivity contribution in [2.24, 2.45) is 0 Å². The largest absolute Gasteiger partial charge is 0.489 e. The van der Waals surface area contributed by atoms with Gasteiger partial charge >= 0.3 is 0 Å².